The number of benzene rings is 2. The van der Waals surface area contributed by atoms with Crippen molar-refractivity contribution in [1.82, 2.24) is 0 Å². The summed E-state index contributed by atoms with van der Waals surface area (Å²) < 4.78 is 0. The second-order valence-corrected chi connectivity index (χ2v) is 3.98. The van der Waals surface area contributed by atoms with Crippen molar-refractivity contribution in [3.63, 3.8) is 0 Å². The van der Waals surface area contributed by atoms with Crippen molar-refractivity contribution in [3.05, 3.63) is 53.1 Å². The number of allylic oxidation sites excluding steroid dienone is 1. The molecule has 0 N–H and O–H groups in total. The summed E-state index contributed by atoms with van der Waals surface area (Å²) in [7, 11) is 0. The molecule has 16 heavy (non-hydrogen) atoms. The molecule has 0 radical (unpaired) electrons. The van der Waals surface area contributed by atoms with Crippen molar-refractivity contribution in [3.8, 4) is 0 Å². The second kappa shape index (κ2) is 4.52. The van der Waals surface area contributed by atoms with Crippen LogP contribution >= 0.6 is 0 Å². The molecule has 0 heterocycles. The zero-order valence-electron chi connectivity index (χ0n) is 8.25. The largest absolute Gasteiger partial charge is 0.0795 e. The van der Waals surface area contributed by atoms with Crippen LogP contribution in [0.25, 0.3) is 16.8 Å². The monoisotopic (exact) mass is 212 g/mol. The van der Waals surface area contributed by atoms with Gasteiger partial charge in [0.2, 0.25) is 0 Å². The average molecular weight is 212 g/mol. The minimum absolute atomic E-state index is 0. The van der Waals surface area contributed by atoms with Gasteiger partial charge in [-0.25, -0.2) is 0 Å². The van der Waals surface area contributed by atoms with Crippen LogP contribution in [-0.4, -0.2) is 0 Å². The molecule has 84 valence electrons. The fourth-order valence-corrected chi connectivity index (χ4v) is 2.31. The molecule has 0 aromatic heterocycles. The summed E-state index contributed by atoms with van der Waals surface area (Å²) in [5, 5.41) is 2.82. The molecule has 0 heteroatoms. The van der Waals surface area contributed by atoms with Gasteiger partial charge in [0, 0.05) is 0 Å². The molecule has 0 saturated heterocycles. The van der Waals surface area contributed by atoms with Gasteiger partial charge < -0.3 is 0 Å². The molecule has 0 aliphatic heterocycles. The van der Waals surface area contributed by atoms with Crippen molar-refractivity contribution in [2.75, 3.05) is 0 Å². The normalized spacial score (nSPS) is 11.8. The lowest BCUT2D eigenvalue weighted by atomic mass is 9.92. The topological polar surface area (TPSA) is 0 Å². The van der Waals surface area contributed by atoms with Gasteiger partial charge in [-0.05, 0) is 40.8 Å². The Balaban J connectivity index is 0.000000640. The highest BCUT2D eigenvalue weighted by Crippen LogP contribution is 2.29. The quantitative estimate of drug-likeness (QED) is 0.577. The lowest BCUT2D eigenvalue weighted by molar-refractivity contribution is 1.29. The average Bonchev–Trinajstić information content (AvgIpc) is 2.18. The van der Waals surface area contributed by atoms with E-state index in [4.69, 9.17) is 0 Å². The van der Waals surface area contributed by atoms with Crippen molar-refractivity contribution in [2.24, 2.45) is 0 Å². The third kappa shape index (κ3) is 1.76. The van der Waals surface area contributed by atoms with Gasteiger partial charge >= 0.3 is 0 Å². The summed E-state index contributed by atoms with van der Waals surface area (Å²) >= 11 is 0. The zero-order valence-corrected chi connectivity index (χ0v) is 8.25. The number of hydrogen-bond acceptors (Lipinski definition) is 0. The summed E-state index contributed by atoms with van der Waals surface area (Å²) in [4.78, 5) is 0. The molecule has 0 spiro atoms. The van der Waals surface area contributed by atoms with E-state index in [1.54, 1.807) is 0 Å². The van der Waals surface area contributed by atoms with Crippen LogP contribution in [0.3, 0.4) is 0 Å². The second-order valence-electron chi connectivity index (χ2n) is 3.98. The summed E-state index contributed by atoms with van der Waals surface area (Å²) in [5.74, 6) is 0. The van der Waals surface area contributed by atoms with Gasteiger partial charge in [-0.3, -0.25) is 0 Å². The Morgan fingerprint density at radius 1 is 1.06 bits per heavy atom. The molecule has 0 nitrogen and oxygen atoms in total. The van der Waals surface area contributed by atoms with Crippen LogP contribution in [0, 0.1) is 6.92 Å². The first-order valence-electron chi connectivity index (χ1n) is 5.03. The Bertz CT molecular complexity index is 533. The molecule has 0 atom stereocenters. The zero-order chi connectivity index (χ0) is 9.54. The molecule has 0 unspecified atom stereocenters. The van der Waals surface area contributed by atoms with E-state index >= 15 is 0 Å². The fraction of sp³-hybridized carbons (Fsp3) is 0.250. The minimum atomic E-state index is 0. The van der Waals surface area contributed by atoms with Crippen molar-refractivity contribution in [2.45, 2.75) is 28.2 Å². The van der Waals surface area contributed by atoms with Crippen LogP contribution in [-0.2, 0) is 6.42 Å². The lowest BCUT2D eigenvalue weighted by Gasteiger charge is -2.13. The van der Waals surface area contributed by atoms with Crippen molar-refractivity contribution in [1.29, 1.82) is 0 Å². The van der Waals surface area contributed by atoms with E-state index in [1.165, 1.54) is 27.5 Å². The summed E-state index contributed by atoms with van der Waals surface area (Å²) in [6.07, 6.45) is 5.56. The third-order valence-electron chi connectivity index (χ3n) is 2.87. The van der Waals surface area contributed by atoms with Gasteiger partial charge in [0.25, 0.3) is 0 Å². The smallest absolute Gasteiger partial charge is 0.00761 e. The standard InChI is InChI=1S/C14H12.2CH4/c1-10-8-12-6-2-4-11-5-3-7-13(9-10)14(11)12;;/h2-4,6-9H,5H2,1H3;2*1H4. The molecule has 1 aliphatic rings. The molecule has 0 saturated carbocycles. The van der Waals surface area contributed by atoms with Gasteiger partial charge in [0.1, 0.15) is 0 Å². The predicted molar refractivity (Wildman–Crippen MR) is 74.9 cm³/mol. The van der Waals surface area contributed by atoms with Crippen LogP contribution in [0.5, 0.6) is 0 Å². The SMILES string of the molecule is C.C.Cc1cc2c3c(cccc3c1)CC=C2. The number of hydrogen-bond donors (Lipinski definition) is 0. The van der Waals surface area contributed by atoms with E-state index in [9.17, 15) is 0 Å². The van der Waals surface area contributed by atoms with Gasteiger partial charge in [-0.2, -0.15) is 0 Å². The maximum absolute atomic E-state index is 2.27. The van der Waals surface area contributed by atoms with Crippen molar-refractivity contribution < 1.29 is 0 Å². The van der Waals surface area contributed by atoms with Crippen molar-refractivity contribution >= 4 is 16.8 Å². The highest BCUT2D eigenvalue weighted by molar-refractivity contribution is 5.95. The maximum Gasteiger partial charge on any atom is -0.00761 e. The third-order valence-corrected chi connectivity index (χ3v) is 2.87. The van der Waals surface area contributed by atoms with E-state index in [2.05, 4.69) is 49.4 Å². The molecule has 2 aromatic carbocycles. The first kappa shape index (κ1) is 12.5. The van der Waals surface area contributed by atoms with Crippen LogP contribution in [0.4, 0.5) is 0 Å². The van der Waals surface area contributed by atoms with Crippen LogP contribution < -0.4 is 0 Å². The van der Waals surface area contributed by atoms with Crippen LogP contribution in [0.15, 0.2) is 36.4 Å². The molecule has 3 rings (SSSR count). The first-order chi connectivity index (χ1) is 6.84. The van der Waals surface area contributed by atoms with E-state index in [0.29, 0.717) is 0 Å². The summed E-state index contributed by atoms with van der Waals surface area (Å²) in [6.45, 7) is 2.16. The van der Waals surface area contributed by atoms with Gasteiger partial charge in [-0.1, -0.05) is 57.3 Å². The summed E-state index contributed by atoms with van der Waals surface area (Å²) in [5.41, 5.74) is 4.18. The Morgan fingerprint density at radius 2 is 1.88 bits per heavy atom. The molecule has 0 amide bonds. The molecule has 1 aliphatic carbocycles. The molecule has 0 fully saturated rings. The Morgan fingerprint density at radius 3 is 2.69 bits per heavy atom. The molecular formula is C16H20. The Hall–Kier alpha value is -1.56. The molecule has 2 aromatic rings. The van der Waals surface area contributed by atoms with Crippen LogP contribution in [0.2, 0.25) is 0 Å². The Labute approximate surface area is 98.6 Å². The maximum atomic E-state index is 2.27. The predicted octanol–water partition coefficient (Wildman–Crippen LogP) is 4.99. The fourth-order valence-electron chi connectivity index (χ4n) is 2.31. The van der Waals surface area contributed by atoms with Gasteiger partial charge in [0.05, 0.1) is 0 Å². The van der Waals surface area contributed by atoms with Crippen LogP contribution in [0.1, 0.15) is 31.5 Å². The van der Waals surface area contributed by atoms with E-state index < -0.39 is 0 Å². The molecule has 0 bridgehead atoms. The highest BCUT2D eigenvalue weighted by Gasteiger charge is 2.07. The summed E-state index contributed by atoms with van der Waals surface area (Å²) in [6, 6.07) is 11.1. The molecular weight excluding hydrogens is 192 g/mol. The Kier molecular flexibility index (Phi) is 3.54. The van der Waals surface area contributed by atoms with E-state index in [1.807, 2.05) is 0 Å². The van der Waals surface area contributed by atoms with E-state index in [-0.39, 0.29) is 14.9 Å². The lowest BCUT2D eigenvalue weighted by Crippen LogP contribution is -1.93. The first-order valence-corrected chi connectivity index (χ1v) is 5.03. The van der Waals surface area contributed by atoms with Gasteiger partial charge in [-0.15, -0.1) is 0 Å². The minimum Gasteiger partial charge on any atom is -0.0795 e. The highest BCUT2D eigenvalue weighted by atomic mass is 14.1. The van der Waals surface area contributed by atoms with Gasteiger partial charge in [0.15, 0.2) is 0 Å². The van der Waals surface area contributed by atoms with E-state index in [0.717, 1.165) is 6.42 Å². The number of aryl methyl sites for hydroxylation is 1. The number of rotatable bonds is 0.